The maximum Gasteiger partial charge on any atom is 0.119 e. The summed E-state index contributed by atoms with van der Waals surface area (Å²) in [6.07, 6.45) is 0.860. The second kappa shape index (κ2) is 10.3. The Kier molecular flexibility index (Phi) is 7.56. The van der Waals surface area contributed by atoms with Crippen LogP contribution in [0.2, 0.25) is 5.02 Å². The van der Waals surface area contributed by atoms with Gasteiger partial charge in [0, 0.05) is 11.6 Å². The SMILES string of the molecule is CCC(=C(c1ccc(O)cc1)c1ccc(OCCN(C)C)cc1)c1ccc(Cl)cc1. The molecule has 0 aromatic heterocycles. The molecule has 0 spiro atoms. The predicted octanol–water partition coefficient (Wildman–Crippen LogP) is 6.36. The normalized spacial score (nSPS) is 12.0. The van der Waals surface area contributed by atoms with Crippen molar-refractivity contribution in [2.75, 3.05) is 27.2 Å². The van der Waals surface area contributed by atoms with E-state index in [1.54, 1.807) is 12.1 Å². The minimum Gasteiger partial charge on any atom is -0.508 e. The summed E-state index contributed by atoms with van der Waals surface area (Å²) in [7, 11) is 4.06. The Labute approximate surface area is 184 Å². The van der Waals surface area contributed by atoms with Crippen LogP contribution in [-0.2, 0) is 0 Å². The molecule has 1 N–H and O–H groups in total. The van der Waals surface area contributed by atoms with E-state index < -0.39 is 0 Å². The number of hydrogen-bond acceptors (Lipinski definition) is 3. The van der Waals surface area contributed by atoms with Crippen molar-refractivity contribution in [3.8, 4) is 11.5 Å². The summed E-state index contributed by atoms with van der Waals surface area (Å²) < 4.78 is 5.85. The highest BCUT2D eigenvalue weighted by Crippen LogP contribution is 2.35. The standard InChI is InChI=1S/C26H28ClNO2/c1-4-25(19-5-11-22(27)12-6-19)26(20-7-13-23(29)14-8-20)21-9-15-24(16-10-21)30-18-17-28(2)3/h5-16,29H,4,17-18H2,1-3H3. The lowest BCUT2D eigenvalue weighted by Gasteiger charge is -2.17. The number of likely N-dealkylation sites (N-methyl/N-ethyl adjacent to an activating group) is 1. The van der Waals surface area contributed by atoms with Gasteiger partial charge in [-0.05, 0) is 84.8 Å². The van der Waals surface area contributed by atoms with Gasteiger partial charge >= 0.3 is 0 Å². The van der Waals surface area contributed by atoms with Gasteiger partial charge in [0.1, 0.15) is 18.1 Å². The number of halogens is 1. The van der Waals surface area contributed by atoms with Gasteiger partial charge in [-0.25, -0.2) is 0 Å². The average molecular weight is 422 g/mol. The van der Waals surface area contributed by atoms with E-state index in [4.69, 9.17) is 16.3 Å². The first kappa shape index (κ1) is 21.9. The first-order chi connectivity index (χ1) is 14.5. The van der Waals surface area contributed by atoms with E-state index in [1.165, 1.54) is 5.57 Å². The fourth-order valence-electron chi connectivity index (χ4n) is 3.38. The molecular weight excluding hydrogens is 394 g/mol. The van der Waals surface area contributed by atoms with E-state index in [9.17, 15) is 5.11 Å². The second-order valence-corrected chi connectivity index (χ2v) is 7.87. The fraction of sp³-hybridized carbons (Fsp3) is 0.231. The molecular formula is C26H28ClNO2. The van der Waals surface area contributed by atoms with Crippen molar-refractivity contribution in [3.63, 3.8) is 0 Å². The van der Waals surface area contributed by atoms with Crippen molar-refractivity contribution < 1.29 is 9.84 Å². The van der Waals surface area contributed by atoms with Gasteiger partial charge in [0.15, 0.2) is 0 Å². The summed E-state index contributed by atoms with van der Waals surface area (Å²) in [6.45, 7) is 3.68. The molecule has 0 saturated carbocycles. The van der Waals surface area contributed by atoms with Crippen LogP contribution < -0.4 is 4.74 Å². The van der Waals surface area contributed by atoms with Crippen LogP contribution >= 0.6 is 11.6 Å². The largest absolute Gasteiger partial charge is 0.508 e. The molecule has 0 unspecified atom stereocenters. The second-order valence-electron chi connectivity index (χ2n) is 7.44. The van der Waals surface area contributed by atoms with E-state index in [0.29, 0.717) is 6.61 Å². The summed E-state index contributed by atoms with van der Waals surface area (Å²) in [5.74, 6) is 1.11. The number of nitrogens with zero attached hydrogens (tertiary/aromatic N) is 1. The van der Waals surface area contributed by atoms with Gasteiger partial charge in [0.2, 0.25) is 0 Å². The Morgan fingerprint density at radius 3 is 1.90 bits per heavy atom. The minimum atomic E-state index is 0.257. The highest BCUT2D eigenvalue weighted by atomic mass is 35.5. The molecule has 0 bridgehead atoms. The summed E-state index contributed by atoms with van der Waals surface area (Å²) in [5.41, 5.74) is 5.66. The minimum absolute atomic E-state index is 0.257. The fourth-order valence-corrected chi connectivity index (χ4v) is 3.51. The molecule has 0 aliphatic carbocycles. The molecule has 3 aromatic carbocycles. The molecule has 0 aliphatic rings. The highest BCUT2D eigenvalue weighted by Gasteiger charge is 2.13. The Morgan fingerprint density at radius 2 is 1.37 bits per heavy atom. The number of hydrogen-bond donors (Lipinski definition) is 1. The first-order valence-electron chi connectivity index (χ1n) is 10.1. The number of phenols is 1. The number of rotatable bonds is 8. The third-order valence-electron chi connectivity index (χ3n) is 4.95. The topological polar surface area (TPSA) is 32.7 Å². The number of benzene rings is 3. The summed E-state index contributed by atoms with van der Waals surface area (Å²) in [4.78, 5) is 2.10. The highest BCUT2D eigenvalue weighted by molar-refractivity contribution is 6.30. The van der Waals surface area contributed by atoms with Crippen LogP contribution in [0.4, 0.5) is 0 Å². The Bertz CT molecular complexity index is 975. The van der Waals surface area contributed by atoms with Crippen molar-refractivity contribution >= 4 is 22.7 Å². The van der Waals surface area contributed by atoms with E-state index in [-0.39, 0.29) is 5.75 Å². The van der Waals surface area contributed by atoms with Gasteiger partial charge in [-0.3, -0.25) is 0 Å². The molecule has 4 heteroatoms. The number of phenolic OH excluding ortho intramolecular Hbond substituents is 1. The maximum atomic E-state index is 9.76. The number of aromatic hydroxyl groups is 1. The van der Waals surface area contributed by atoms with Crippen molar-refractivity contribution in [2.24, 2.45) is 0 Å². The molecule has 0 saturated heterocycles. The van der Waals surface area contributed by atoms with Crippen molar-refractivity contribution in [1.29, 1.82) is 0 Å². The van der Waals surface area contributed by atoms with Crippen LogP contribution in [0.5, 0.6) is 11.5 Å². The van der Waals surface area contributed by atoms with Crippen LogP contribution in [0.3, 0.4) is 0 Å². The van der Waals surface area contributed by atoms with E-state index in [2.05, 4.69) is 36.1 Å². The summed E-state index contributed by atoms with van der Waals surface area (Å²) >= 11 is 6.11. The predicted molar refractivity (Wildman–Crippen MR) is 126 cm³/mol. The van der Waals surface area contributed by atoms with E-state index in [1.807, 2.05) is 50.5 Å². The van der Waals surface area contributed by atoms with Gasteiger partial charge in [-0.2, -0.15) is 0 Å². The molecule has 3 rings (SSSR count). The van der Waals surface area contributed by atoms with Crippen molar-refractivity contribution in [2.45, 2.75) is 13.3 Å². The van der Waals surface area contributed by atoms with Crippen LogP contribution in [0.15, 0.2) is 72.8 Å². The van der Waals surface area contributed by atoms with Crippen molar-refractivity contribution in [3.05, 3.63) is 94.5 Å². The van der Waals surface area contributed by atoms with Crippen LogP contribution in [0.1, 0.15) is 30.0 Å². The molecule has 0 radical (unpaired) electrons. The number of allylic oxidation sites excluding steroid dienone is 1. The van der Waals surface area contributed by atoms with Crippen molar-refractivity contribution in [1.82, 2.24) is 4.90 Å². The first-order valence-corrected chi connectivity index (χ1v) is 10.5. The average Bonchev–Trinajstić information content (AvgIpc) is 2.74. The smallest absolute Gasteiger partial charge is 0.119 e. The third kappa shape index (κ3) is 5.65. The zero-order valence-corrected chi connectivity index (χ0v) is 18.5. The molecule has 0 aliphatic heterocycles. The lowest BCUT2D eigenvalue weighted by Crippen LogP contribution is -2.19. The Morgan fingerprint density at radius 1 is 0.833 bits per heavy atom. The van der Waals surface area contributed by atoms with Crippen LogP contribution in [-0.4, -0.2) is 37.3 Å². The molecule has 0 amide bonds. The Hall–Kier alpha value is -2.75. The monoisotopic (exact) mass is 421 g/mol. The third-order valence-corrected chi connectivity index (χ3v) is 5.21. The lowest BCUT2D eigenvalue weighted by atomic mass is 9.88. The lowest BCUT2D eigenvalue weighted by molar-refractivity contribution is 0.261. The molecule has 3 aromatic rings. The van der Waals surface area contributed by atoms with Gasteiger partial charge in [0.05, 0.1) is 0 Å². The van der Waals surface area contributed by atoms with Gasteiger partial charge in [0.25, 0.3) is 0 Å². The molecule has 0 atom stereocenters. The van der Waals surface area contributed by atoms with E-state index >= 15 is 0 Å². The van der Waals surface area contributed by atoms with Gasteiger partial charge < -0.3 is 14.7 Å². The summed E-state index contributed by atoms with van der Waals surface area (Å²) in [6, 6.07) is 23.5. The zero-order valence-electron chi connectivity index (χ0n) is 17.7. The molecule has 0 heterocycles. The zero-order chi connectivity index (χ0) is 21.5. The summed E-state index contributed by atoms with van der Waals surface area (Å²) in [5, 5.41) is 10.5. The maximum absolute atomic E-state index is 9.76. The molecule has 156 valence electrons. The molecule has 3 nitrogen and oxygen atoms in total. The number of ether oxygens (including phenoxy) is 1. The molecule has 0 fully saturated rings. The quantitative estimate of drug-likeness (QED) is 0.430. The van der Waals surface area contributed by atoms with E-state index in [0.717, 1.165) is 46.0 Å². The van der Waals surface area contributed by atoms with Gasteiger partial charge in [-0.15, -0.1) is 0 Å². The Balaban J connectivity index is 2.03. The molecule has 30 heavy (non-hydrogen) atoms. The van der Waals surface area contributed by atoms with Crippen LogP contribution in [0.25, 0.3) is 11.1 Å². The van der Waals surface area contributed by atoms with Gasteiger partial charge in [-0.1, -0.05) is 54.9 Å². The van der Waals surface area contributed by atoms with Crippen LogP contribution in [0, 0.1) is 0 Å².